The van der Waals surface area contributed by atoms with E-state index in [0.29, 0.717) is 11.6 Å². The Morgan fingerprint density at radius 1 is 1.31 bits per heavy atom. The lowest BCUT2D eigenvalue weighted by Gasteiger charge is -2.38. The van der Waals surface area contributed by atoms with E-state index in [-0.39, 0.29) is 17.8 Å². The van der Waals surface area contributed by atoms with Gasteiger partial charge in [-0.15, -0.1) is 0 Å². The summed E-state index contributed by atoms with van der Waals surface area (Å²) in [6, 6.07) is 9.31. The van der Waals surface area contributed by atoms with Crippen LogP contribution in [0.15, 0.2) is 42.7 Å². The fourth-order valence-corrected chi connectivity index (χ4v) is 4.09. The second-order valence-corrected chi connectivity index (χ2v) is 7.68. The maximum Gasteiger partial charge on any atom is 0.254 e. The molecule has 7 heteroatoms. The summed E-state index contributed by atoms with van der Waals surface area (Å²) in [5, 5.41) is 7.24. The van der Waals surface area contributed by atoms with E-state index in [0.717, 1.165) is 48.2 Å². The SMILES string of the molecule is CNC(=O)c1cnc2[nH]ccc2c1N[C@@H]1CCN(Cc2ccc(F)cc2)[C@H](C)C1. The highest BCUT2D eigenvalue weighted by Gasteiger charge is 2.27. The van der Waals surface area contributed by atoms with Gasteiger partial charge in [-0.05, 0) is 43.5 Å². The third-order valence-corrected chi connectivity index (χ3v) is 5.72. The van der Waals surface area contributed by atoms with Crippen LogP contribution in [0.25, 0.3) is 11.0 Å². The number of carbonyl (C=O) groups is 1. The molecule has 29 heavy (non-hydrogen) atoms. The zero-order chi connectivity index (χ0) is 20.4. The predicted octanol–water partition coefficient (Wildman–Crippen LogP) is 3.53. The summed E-state index contributed by atoms with van der Waals surface area (Å²) in [7, 11) is 1.63. The molecule has 1 aliphatic heterocycles. The molecule has 6 nitrogen and oxygen atoms in total. The number of halogens is 1. The largest absolute Gasteiger partial charge is 0.381 e. The van der Waals surface area contributed by atoms with Crippen molar-refractivity contribution in [3.63, 3.8) is 0 Å². The first kappa shape index (κ1) is 19.4. The normalized spacial score (nSPS) is 20.0. The fourth-order valence-electron chi connectivity index (χ4n) is 4.09. The zero-order valence-corrected chi connectivity index (χ0v) is 16.7. The molecule has 4 rings (SSSR count). The molecule has 0 saturated carbocycles. The van der Waals surface area contributed by atoms with E-state index in [2.05, 4.69) is 32.4 Å². The molecule has 0 radical (unpaired) electrons. The first-order valence-electron chi connectivity index (χ1n) is 9.98. The topological polar surface area (TPSA) is 73.0 Å². The molecule has 0 spiro atoms. The van der Waals surface area contributed by atoms with E-state index in [1.807, 2.05) is 24.4 Å². The highest BCUT2D eigenvalue weighted by molar-refractivity contribution is 6.06. The summed E-state index contributed by atoms with van der Waals surface area (Å²) in [4.78, 5) is 22.2. The van der Waals surface area contributed by atoms with Gasteiger partial charge in [-0.25, -0.2) is 9.37 Å². The molecule has 2 aromatic heterocycles. The minimum Gasteiger partial charge on any atom is -0.381 e. The molecule has 3 aromatic rings. The number of pyridine rings is 1. The van der Waals surface area contributed by atoms with Gasteiger partial charge in [-0.2, -0.15) is 0 Å². The lowest BCUT2D eigenvalue weighted by atomic mass is 9.96. The Hall–Kier alpha value is -2.93. The van der Waals surface area contributed by atoms with Crippen LogP contribution < -0.4 is 10.6 Å². The summed E-state index contributed by atoms with van der Waals surface area (Å²) in [5.74, 6) is -0.352. The molecular formula is C22H26FN5O. The second-order valence-electron chi connectivity index (χ2n) is 7.68. The summed E-state index contributed by atoms with van der Waals surface area (Å²) < 4.78 is 13.1. The molecule has 1 fully saturated rings. The van der Waals surface area contributed by atoms with Crippen LogP contribution in [0, 0.1) is 5.82 Å². The van der Waals surface area contributed by atoms with Crippen LogP contribution in [-0.4, -0.2) is 46.5 Å². The third-order valence-electron chi connectivity index (χ3n) is 5.72. The summed E-state index contributed by atoms with van der Waals surface area (Å²) in [6.45, 7) is 3.97. The van der Waals surface area contributed by atoms with Crippen molar-refractivity contribution >= 4 is 22.6 Å². The molecule has 1 aliphatic rings. The molecule has 1 aromatic carbocycles. The fraction of sp³-hybridized carbons (Fsp3) is 0.364. The number of hydrogen-bond acceptors (Lipinski definition) is 4. The van der Waals surface area contributed by atoms with Crippen LogP contribution in [0.4, 0.5) is 10.1 Å². The van der Waals surface area contributed by atoms with Crippen LogP contribution in [0.1, 0.15) is 35.7 Å². The average Bonchev–Trinajstić information content (AvgIpc) is 3.20. The molecule has 2 atom stereocenters. The molecule has 1 saturated heterocycles. The van der Waals surface area contributed by atoms with Crippen molar-refractivity contribution < 1.29 is 9.18 Å². The molecule has 1 amide bonds. The predicted molar refractivity (Wildman–Crippen MR) is 112 cm³/mol. The van der Waals surface area contributed by atoms with E-state index >= 15 is 0 Å². The Bertz CT molecular complexity index is 1000. The van der Waals surface area contributed by atoms with Crippen molar-refractivity contribution in [2.24, 2.45) is 0 Å². The number of carbonyl (C=O) groups excluding carboxylic acids is 1. The first-order valence-corrected chi connectivity index (χ1v) is 9.98. The van der Waals surface area contributed by atoms with Crippen LogP contribution in [0.5, 0.6) is 0 Å². The van der Waals surface area contributed by atoms with Crippen molar-refractivity contribution in [1.29, 1.82) is 0 Å². The monoisotopic (exact) mass is 395 g/mol. The molecule has 0 unspecified atom stereocenters. The van der Waals surface area contributed by atoms with Gasteiger partial charge in [0.15, 0.2) is 0 Å². The first-order chi connectivity index (χ1) is 14.0. The zero-order valence-electron chi connectivity index (χ0n) is 16.7. The van der Waals surface area contributed by atoms with Crippen molar-refractivity contribution in [2.75, 3.05) is 18.9 Å². The van der Waals surface area contributed by atoms with E-state index in [9.17, 15) is 9.18 Å². The number of aromatic nitrogens is 2. The minimum atomic E-state index is -0.204. The maximum absolute atomic E-state index is 13.1. The van der Waals surface area contributed by atoms with Gasteiger partial charge in [0, 0.05) is 50.0 Å². The minimum absolute atomic E-state index is 0.148. The smallest absolute Gasteiger partial charge is 0.254 e. The molecule has 152 valence electrons. The highest BCUT2D eigenvalue weighted by Crippen LogP contribution is 2.29. The second kappa shape index (κ2) is 8.21. The van der Waals surface area contributed by atoms with E-state index in [1.165, 1.54) is 12.1 Å². The number of rotatable bonds is 5. The Balaban J connectivity index is 1.48. The van der Waals surface area contributed by atoms with E-state index in [1.54, 1.807) is 13.2 Å². The van der Waals surface area contributed by atoms with Crippen molar-refractivity contribution in [2.45, 2.75) is 38.4 Å². The van der Waals surface area contributed by atoms with Crippen molar-refractivity contribution in [3.05, 3.63) is 59.7 Å². The average molecular weight is 395 g/mol. The molecule has 0 bridgehead atoms. The number of benzene rings is 1. The number of likely N-dealkylation sites (tertiary alicyclic amines) is 1. The summed E-state index contributed by atoms with van der Waals surface area (Å²) >= 11 is 0. The van der Waals surface area contributed by atoms with Gasteiger partial charge in [0.2, 0.25) is 0 Å². The quantitative estimate of drug-likeness (QED) is 0.618. The number of amides is 1. The summed E-state index contributed by atoms with van der Waals surface area (Å²) in [5.41, 5.74) is 3.28. The molecule has 3 N–H and O–H groups in total. The van der Waals surface area contributed by atoms with Crippen molar-refractivity contribution in [1.82, 2.24) is 20.2 Å². The van der Waals surface area contributed by atoms with Gasteiger partial charge >= 0.3 is 0 Å². The Morgan fingerprint density at radius 3 is 2.83 bits per heavy atom. The Kier molecular flexibility index (Phi) is 5.49. The lowest BCUT2D eigenvalue weighted by Crippen LogP contribution is -2.44. The molecule has 3 heterocycles. The number of anilines is 1. The number of hydrogen-bond donors (Lipinski definition) is 3. The van der Waals surface area contributed by atoms with Gasteiger partial charge in [0.05, 0.1) is 11.3 Å². The standard InChI is InChI=1S/C22H26FN5O/c1-14-11-17(8-10-28(14)13-15-3-5-16(23)6-4-15)27-20-18-7-9-25-21(18)26-12-19(20)22(29)24-2/h3-7,9,12,14,17H,8,10-11,13H2,1-2H3,(H,24,29)(H2,25,26,27)/t14-,17-/m1/s1. The van der Waals surface area contributed by atoms with E-state index < -0.39 is 0 Å². The number of nitrogens with zero attached hydrogens (tertiary/aromatic N) is 2. The highest BCUT2D eigenvalue weighted by atomic mass is 19.1. The molecular weight excluding hydrogens is 369 g/mol. The third kappa shape index (κ3) is 4.10. The number of nitrogens with one attached hydrogen (secondary N) is 3. The van der Waals surface area contributed by atoms with Crippen LogP contribution in [0.3, 0.4) is 0 Å². The number of fused-ring (bicyclic) bond motifs is 1. The van der Waals surface area contributed by atoms with E-state index in [4.69, 9.17) is 0 Å². The number of H-pyrrole nitrogens is 1. The van der Waals surface area contributed by atoms with Gasteiger partial charge < -0.3 is 15.6 Å². The Labute approximate surface area is 169 Å². The van der Waals surface area contributed by atoms with Gasteiger partial charge in [0.25, 0.3) is 5.91 Å². The van der Waals surface area contributed by atoms with Crippen molar-refractivity contribution in [3.8, 4) is 0 Å². The van der Waals surface area contributed by atoms with Crippen LogP contribution in [-0.2, 0) is 6.54 Å². The van der Waals surface area contributed by atoms with Gasteiger partial charge in [-0.1, -0.05) is 12.1 Å². The lowest BCUT2D eigenvalue weighted by molar-refractivity contribution is 0.0963. The summed E-state index contributed by atoms with van der Waals surface area (Å²) in [6.07, 6.45) is 5.38. The molecule has 0 aliphatic carbocycles. The van der Waals surface area contributed by atoms with Gasteiger partial charge in [0.1, 0.15) is 11.5 Å². The van der Waals surface area contributed by atoms with Gasteiger partial charge in [-0.3, -0.25) is 9.69 Å². The van der Waals surface area contributed by atoms with Crippen LogP contribution >= 0.6 is 0 Å². The van der Waals surface area contributed by atoms with Crippen LogP contribution in [0.2, 0.25) is 0 Å². The number of piperidine rings is 1. The maximum atomic E-state index is 13.1. The Morgan fingerprint density at radius 2 is 2.10 bits per heavy atom. The number of aromatic amines is 1.